The van der Waals surface area contributed by atoms with Crippen molar-refractivity contribution in [3.05, 3.63) is 70.8 Å². The van der Waals surface area contributed by atoms with Crippen molar-refractivity contribution in [1.29, 1.82) is 0 Å². The van der Waals surface area contributed by atoms with Gasteiger partial charge in [-0.15, -0.1) is 0 Å². The highest BCUT2D eigenvalue weighted by atomic mass is 32.2. The van der Waals surface area contributed by atoms with Crippen molar-refractivity contribution in [1.82, 2.24) is 0 Å². The molecule has 2 atom stereocenters. The quantitative estimate of drug-likeness (QED) is 0.462. The molecule has 2 aromatic carbocycles. The Balaban J connectivity index is 2.01. The van der Waals surface area contributed by atoms with Crippen molar-refractivity contribution in [2.45, 2.75) is 37.5 Å². The summed E-state index contributed by atoms with van der Waals surface area (Å²) in [6, 6.07) is 14.3. The lowest BCUT2D eigenvalue weighted by Crippen LogP contribution is -2.39. The van der Waals surface area contributed by atoms with Crippen molar-refractivity contribution < 1.29 is 13.2 Å². The minimum Gasteiger partial charge on any atom is -0.166 e. The third-order valence-corrected chi connectivity index (χ3v) is 11.3. The Labute approximate surface area is 151 Å². The minimum atomic E-state index is -4.27. The van der Waals surface area contributed by atoms with Crippen LogP contribution in [0.1, 0.15) is 27.5 Å². The molecule has 0 saturated carbocycles. The maximum absolute atomic E-state index is 12.9. The van der Waals surface area contributed by atoms with Gasteiger partial charge in [0.25, 0.3) is 0 Å². The Bertz CT molecular complexity index is 732. The Kier molecular flexibility index (Phi) is 5.08. The van der Waals surface area contributed by atoms with Gasteiger partial charge in [0.2, 0.25) is 0 Å². The highest BCUT2D eigenvalue weighted by molar-refractivity contribution is 7.98. The van der Waals surface area contributed by atoms with Crippen molar-refractivity contribution >= 4 is 19.0 Å². The Morgan fingerprint density at radius 2 is 1.64 bits per heavy atom. The zero-order valence-electron chi connectivity index (χ0n) is 14.9. The number of fused-ring (bicyclic) bond motifs is 1. The molecule has 0 spiro atoms. The molecule has 0 amide bonds. The van der Waals surface area contributed by atoms with Gasteiger partial charge in [-0.2, -0.15) is 13.2 Å². The van der Waals surface area contributed by atoms with E-state index in [2.05, 4.69) is 43.9 Å². The molecule has 0 radical (unpaired) electrons. The normalized spacial score (nSPS) is 21.0. The summed E-state index contributed by atoms with van der Waals surface area (Å²) in [7, 11) is -1.06. The first-order valence-electron chi connectivity index (χ1n) is 8.56. The average molecular weight is 382 g/mol. The number of hydrogen-bond acceptors (Lipinski definition) is 0. The zero-order chi connectivity index (χ0) is 18.2. The van der Waals surface area contributed by atoms with Crippen LogP contribution in [0, 0.1) is 0 Å². The van der Waals surface area contributed by atoms with E-state index in [-0.39, 0.29) is 16.1 Å². The monoisotopic (exact) mass is 381 g/mol. The van der Waals surface area contributed by atoms with Crippen molar-refractivity contribution in [3.8, 4) is 0 Å². The molecule has 1 heterocycles. The van der Waals surface area contributed by atoms with Crippen molar-refractivity contribution in [3.63, 3.8) is 0 Å². The number of alkyl halides is 3. The minimum absolute atomic E-state index is 0.188. The van der Waals surface area contributed by atoms with Gasteiger partial charge >= 0.3 is 6.18 Å². The van der Waals surface area contributed by atoms with E-state index in [1.54, 1.807) is 12.1 Å². The summed E-state index contributed by atoms with van der Waals surface area (Å²) in [5.41, 5.74) is 3.13. The third-order valence-electron chi connectivity index (χ3n) is 4.46. The second-order valence-electron chi connectivity index (χ2n) is 7.90. The summed E-state index contributed by atoms with van der Waals surface area (Å²) in [5.74, 6) is 1.15. The molecule has 1 aliphatic rings. The van der Waals surface area contributed by atoms with Gasteiger partial charge in [0.05, 0.1) is 10.9 Å². The molecule has 2 aromatic rings. The molecule has 0 bridgehead atoms. The second-order valence-corrected chi connectivity index (χ2v) is 16.1. The van der Waals surface area contributed by atoms with Crippen LogP contribution >= 0.6 is 0 Å². The smallest absolute Gasteiger partial charge is 0.166 e. The predicted molar refractivity (Wildman–Crippen MR) is 104 cm³/mol. The molecular weight excluding hydrogens is 357 g/mol. The summed E-state index contributed by atoms with van der Waals surface area (Å²) in [4.78, 5) is 0. The van der Waals surface area contributed by atoms with Gasteiger partial charge < -0.3 is 0 Å². The zero-order valence-corrected chi connectivity index (χ0v) is 16.7. The lowest BCUT2D eigenvalue weighted by Gasteiger charge is -2.30. The number of hydrogen-bond donors (Lipinski definition) is 0. The van der Waals surface area contributed by atoms with Gasteiger partial charge in [0, 0.05) is 17.5 Å². The lowest BCUT2D eigenvalue weighted by atomic mass is 9.96. The van der Waals surface area contributed by atoms with E-state index in [4.69, 9.17) is 0 Å². The number of rotatable bonds is 3. The lowest BCUT2D eigenvalue weighted by molar-refractivity contribution is -0.137. The van der Waals surface area contributed by atoms with Crippen LogP contribution in [0.3, 0.4) is 0 Å². The van der Waals surface area contributed by atoms with Crippen molar-refractivity contribution in [2.75, 3.05) is 11.1 Å². The van der Waals surface area contributed by atoms with E-state index in [0.29, 0.717) is 0 Å². The molecule has 0 nitrogen and oxygen atoms in total. The fraction of sp³-hybridized carbons (Fsp3) is 0.400. The Morgan fingerprint density at radius 3 is 2.24 bits per heavy atom. The van der Waals surface area contributed by atoms with Crippen LogP contribution < -0.4 is 0 Å². The molecule has 25 heavy (non-hydrogen) atoms. The van der Waals surface area contributed by atoms with E-state index >= 15 is 0 Å². The number of halogens is 3. The molecule has 1 unspecified atom stereocenters. The van der Waals surface area contributed by atoms with Crippen LogP contribution in [-0.4, -0.2) is 19.2 Å². The molecule has 0 N–H and O–H groups in total. The molecular formula is C20H24F3SSi+. The number of benzene rings is 2. The standard InChI is InChI=1S/C20H24F3SSi/c1-25(2,3)14-24-13-12-15-6-4-5-7-18(15)19(24)16-8-10-17(11-9-16)20(21,22)23/h4-11,19H,12-14H2,1-3H3/q+1/t19-,24?/m0/s1. The molecule has 134 valence electrons. The first-order valence-corrected chi connectivity index (χ1v) is 13.9. The predicted octanol–water partition coefficient (Wildman–Crippen LogP) is 5.85. The Hall–Kier alpha value is -1.20. The van der Waals surface area contributed by atoms with E-state index in [9.17, 15) is 13.2 Å². The summed E-state index contributed by atoms with van der Waals surface area (Å²) >= 11 is 0. The average Bonchev–Trinajstić information content (AvgIpc) is 2.52. The van der Waals surface area contributed by atoms with Crippen LogP contribution in [0.2, 0.25) is 19.6 Å². The topological polar surface area (TPSA) is 0 Å². The summed E-state index contributed by atoms with van der Waals surface area (Å²) < 4.78 is 38.7. The second kappa shape index (κ2) is 6.84. The van der Waals surface area contributed by atoms with Crippen LogP contribution in [0.5, 0.6) is 0 Å². The van der Waals surface area contributed by atoms with Gasteiger partial charge in [0.1, 0.15) is 13.8 Å². The number of aryl methyl sites for hydroxylation is 1. The summed E-state index contributed by atoms with van der Waals surface area (Å²) in [5, 5.41) is 1.46. The molecule has 1 aliphatic heterocycles. The highest BCUT2D eigenvalue weighted by Gasteiger charge is 2.41. The SMILES string of the molecule is C[Si](C)(C)C[S+]1CCc2ccccc2[C@@H]1c1ccc(C(F)(F)F)cc1. The maximum atomic E-state index is 12.9. The summed E-state index contributed by atoms with van der Waals surface area (Å²) in [6.45, 7) is 7.14. The fourth-order valence-corrected chi connectivity index (χ4v) is 11.0. The molecule has 3 rings (SSSR count). The Morgan fingerprint density at radius 1 is 1.00 bits per heavy atom. The van der Waals surface area contributed by atoms with Gasteiger partial charge in [-0.3, -0.25) is 0 Å². The third kappa shape index (κ3) is 4.32. The largest absolute Gasteiger partial charge is 0.416 e. The van der Waals surface area contributed by atoms with Gasteiger partial charge in [-0.05, 0) is 28.6 Å². The van der Waals surface area contributed by atoms with Gasteiger partial charge in [0.15, 0.2) is 5.25 Å². The van der Waals surface area contributed by atoms with E-state index in [1.165, 1.54) is 28.6 Å². The van der Waals surface area contributed by atoms with Crippen molar-refractivity contribution in [2.24, 2.45) is 0 Å². The summed E-state index contributed by atoms with van der Waals surface area (Å²) in [6.07, 6.45) is -3.19. The maximum Gasteiger partial charge on any atom is 0.416 e. The fourth-order valence-electron chi connectivity index (χ4n) is 3.49. The molecule has 0 saturated heterocycles. The van der Waals surface area contributed by atoms with Gasteiger partial charge in [-0.25, -0.2) is 0 Å². The van der Waals surface area contributed by atoms with Crippen LogP contribution in [-0.2, 0) is 23.5 Å². The van der Waals surface area contributed by atoms with E-state index in [1.807, 2.05) is 0 Å². The van der Waals surface area contributed by atoms with E-state index < -0.39 is 19.8 Å². The highest BCUT2D eigenvalue weighted by Crippen LogP contribution is 2.40. The van der Waals surface area contributed by atoms with E-state index in [0.717, 1.165) is 17.7 Å². The van der Waals surface area contributed by atoms with Crippen LogP contribution in [0.4, 0.5) is 13.2 Å². The van der Waals surface area contributed by atoms with Gasteiger partial charge in [-0.1, -0.05) is 56.0 Å². The first kappa shape index (κ1) is 18.6. The molecule has 0 fully saturated rings. The molecule has 5 heteroatoms. The first-order chi connectivity index (χ1) is 11.6. The van der Waals surface area contributed by atoms with Crippen LogP contribution in [0.15, 0.2) is 48.5 Å². The molecule has 0 aromatic heterocycles. The van der Waals surface area contributed by atoms with Crippen LogP contribution in [0.25, 0.3) is 0 Å². The molecule has 0 aliphatic carbocycles.